The molecule has 0 aromatic carbocycles. The number of rotatable bonds is 8. The lowest BCUT2D eigenvalue weighted by Gasteiger charge is -2.72. The molecule has 3 saturated carbocycles. The molecular weight excluding hydrogens is 675 g/mol. The van der Waals surface area contributed by atoms with E-state index in [2.05, 4.69) is 98.8 Å². The highest BCUT2D eigenvalue weighted by Gasteiger charge is 2.73. The summed E-state index contributed by atoms with van der Waals surface area (Å²) in [5.74, 6) is 1.06. The van der Waals surface area contributed by atoms with Crippen molar-refractivity contribution in [1.82, 2.24) is 19.7 Å². The van der Waals surface area contributed by atoms with Gasteiger partial charge in [0.15, 0.2) is 5.82 Å². The lowest BCUT2D eigenvalue weighted by atomic mass is 9.33. The lowest BCUT2D eigenvalue weighted by molar-refractivity contribution is -0.274. The number of carboxylic acid groups (broad SMARTS) is 1. The number of hydrogen-bond acceptors (Lipinski definition) is 7. The van der Waals surface area contributed by atoms with Crippen LogP contribution in [0.3, 0.4) is 0 Å². The van der Waals surface area contributed by atoms with Gasteiger partial charge in [0.2, 0.25) is 0 Å². The van der Waals surface area contributed by atoms with Gasteiger partial charge in [-0.25, -0.2) is 9.67 Å². The van der Waals surface area contributed by atoms with Crippen LogP contribution in [0, 0.1) is 62.1 Å². The van der Waals surface area contributed by atoms with Crippen molar-refractivity contribution in [3.63, 3.8) is 0 Å². The first kappa shape index (κ1) is 39.6. The summed E-state index contributed by atoms with van der Waals surface area (Å²) in [5, 5.41) is 16.2. The second-order valence-electron chi connectivity index (χ2n) is 21.1. The van der Waals surface area contributed by atoms with E-state index in [1.165, 1.54) is 5.57 Å². The molecule has 3 heterocycles. The largest absolute Gasteiger partial charge is 0.481 e. The lowest BCUT2D eigenvalue weighted by Crippen LogP contribution is -2.71. The number of aromatic nitrogens is 4. The third kappa shape index (κ3) is 5.39. The molecule has 1 unspecified atom stereocenters. The number of carbonyl (C=O) groups is 1. The first-order valence-corrected chi connectivity index (χ1v) is 20.9. The van der Waals surface area contributed by atoms with Gasteiger partial charge in [-0.3, -0.25) is 9.78 Å². The Kier molecular flexibility index (Phi) is 9.50. The van der Waals surface area contributed by atoms with Crippen molar-refractivity contribution in [3.05, 3.63) is 42.5 Å². The molecule has 3 N–H and O–H groups in total. The number of allylic oxidation sites excluding steroid dienone is 1. The highest BCUT2D eigenvalue weighted by atomic mass is 16.5. The molecule has 9 heteroatoms. The summed E-state index contributed by atoms with van der Waals surface area (Å²) in [6.45, 7) is 28.3. The van der Waals surface area contributed by atoms with E-state index in [0.717, 1.165) is 49.9 Å². The fraction of sp³-hybridized carbons (Fsp3) is 0.778. The average molecular weight is 744 g/mol. The van der Waals surface area contributed by atoms with E-state index in [4.69, 9.17) is 25.3 Å². The zero-order valence-electron chi connectivity index (χ0n) is 35.3. The van der Waals surface area contributed by atoms with Crippen LogP contribution in [-0.4, -0.2) is 61.8 Å². The van der Waals surface area contributed by atoms with Crippen molar-refractivity contribution < 1.29 is 19.4 Å². The molecule has 9 nitrogen and oxygen atoms in total. The van der Waals surface area contributed by atoms with E-state index in [-0.39, 0.29) is 56.7 Å². The van der Waals surface area contributed by atoms with Crippen LogP contribution >= 0.6 is 0 Å². The van der Waals surface area contributed by atoms with Crippen LogP contribution in [0.4, 0.5) is 0 Å². The Hall–Kier alpha value is -2.62. The zero-order valence-corrected chi connectivity index (χ0v) is 35.3. The quantitative estimate of drug-likeness (QED) is 0.257. The molecule has 4 aliphatic carbocycles. The molecule has 2 aromatic rings. The number of fused-ring (bicyclic) bond motifs is 3. The minimum absolute atomic E-state index is 0.0200. The van der Waals surface area contributed by atoms with Gasteiger partial charge >= 0.3 is 5.97 Å². The summed E-state index contributed by atoms with van der Waals surface area (Å²) in [6, 6.07) is 3.87. The molecule has 54 heavy (non-hydrogen) atoms. The summed E-state index contributed by atoms with van der Waals surface area (Å²) in [7, 11) is 0. The van der Waals surface area contributed by atoms with Gasteiger partial charge in [-0.1, -0.05) is 80.9 Å². The van der Waals surface area contributed by atoms with Crippen molar-refractivity contribution in [2.24, 2.45) is 67.8 Å². The van der Waals surface area contributed by atoms with Crippen molar-refractivity contribution in [2.75, 3.05) is 13.2 Å². The fourth-order valence-corrected chi connectivity index (χ4v) is 13.1. The number of nitrogens with zero attached hydrogens (tertiary/aromatic N) is 4. The summed E-state index contributed by atoms with van der Waals surface area (Å²) in [5.41, 5.74) is 7.35. The Labute approximate surface area is 324 Å². The van der Waals surface area contributed by atoms with Gasteiger partial charge in [-0.2, -0.15) is 5.10 Å². The van der Waals surface area contributed by atoms with Crippen LogP contribution < -0.4 is 5.73 Å². The molecule has 0 radical (unpaired) electrons. The molecule has 13 atom stereocenters. The Morgan fingerprint density at radius 3 is 2.39 bits per heavy atom. The fourth-order valence-electron chi connectivity index (χ4n) is 13.1. The molecule has 1 saturated heterocycles. The van der Waals surface area contributed by atoms with Crippen LogP contribution in [0.5, 0.6) is 0 Å². The molecule has 7 rings (SSSR count). The first-order chi connectivity index (χ1) is 25.1. The zero-order chi connectivity index (χ0) is 39.4. The van der Waals surface area contributed by atoms with Gasteiger partial charge in [-0.15, -0.1) is 0 Å². The van der Waals surface area contributed by atoms with Gasteiger partial charge in [-0.05, 0) is 110 Å². The monoisotopic (exact) mass is 744 g/mol. The van der Waals surface area contributed by atoms with Gasteiger partial charge in [0.05, 0.1) is 37.4 Å². The molecular formula is C45H69N5O4. The minimum atomic E-state index is -0.626. The van der Waals surface area contributed by atoms with Crippen LogP contribution in [0.2, 0.25) is 0 Å². The van der Waals surface area contributed by atoms with E-state index in [0.29, 0.717) is 31.0 Å². The third-order valence-electron chi connectivity index (χ3n) is 17.7. The molecule has 1 aliphatic heterocycles. The Bertz CT molecular complexity index is 1770. The molecule has 2 bridgehead atoms. The van der Waals surface area contributed by atoms with Crippen LogP contribution in [-0.2, 0) is 14.3 Å². The number of hydrogen-bond donors (Lipinski definition) is 2. The Morgan fingerprint density at radius 2 is 1.76 bits per heavy atom. The first-order valence-electron chi connectivity index (χ1n) is 20.9. The van der Waals surface area contributed by atoms with E-state index < -0.39 is 17.4 Å². The standard InChI is InChI=1S/C45H69N5O4/c1-27(2)28(3)40(8)19-20-42(10)31-13-14-34-41(9)24-53-29(4)45(34,32(31)15-18-43(42,11)35(40)38(51)52)23-33(36(41)54-25-44(12,46)39(5,6)7)50-37(48-26-49-50)30-16-21-47-22-17-30/h15-17,21-22,26-29,31,33-36H,13-14,18-20,23-25,46H2,1-12H3,(H,51,52)/t28-,29+,31+,33-,34+,35-,36+,40-,41+,42-,43+,44?,45+/m1/s1. The maximum Gasteiger partial charge on any atom is 0.307 e. The second-order valence-corrected chi connectivity index (χ2v) is 21.1. The maximum atomic E-state index is 13.6. The van der Waals surface area contributed by atoms with Crippen LogP contribution in [0.15, 0.2) is 42.5 Å². The number of aliphatic carboxylic acids is 1. The SMILES string of the molecule is CC(C)[C@@H](C)[C@@]1(C)CC[C@]2(C)[C@H]3CC[C@H]4[C@]5(C)CO[C@@H](C)[C@@]4(C[C@@H](n4ncnc4-c4ccncc4)[C@@H]5OCC(C)(N)C(C)(C)C)C3=CC[C@@]2(C)[C@@H]1C(=O)O. The average Bonchev–Trinajstić information content (AvgIpc) is 3.59. The van der Waals surface area contributed by atoms with Crippen molar-refractivity contribution in [3.8, 4) is 11.4 Å². The van der Waals surface area contributed by atoms with E-state index in [9.17, 15) is 9.90 Å². The predicted molar refractivity (Wildman–Crippen MR) is 212 cm³/mol. The number of nitrogens with two attached hydrogens (primary N) is 1. The third-order valence-corrected chi connectivity index (χ3v) is 17.7. The Balaban J connectivity index is 1.38. The van der Waals surface area contributed by atoms with Crippen LogP contribution in [0.25, 0.3) is 11.4 Å². The Morgan fingerprint density at radius 1 is 1.07 bits per heavy atom. The van der Waals surface area contributed by atoms with E-state index in [1.807, 2.05) is 24.5 Å². The summed E-state index contributed by atoms with van der Waals surface area (Å²) in [6.07, 6.45) is 13.2. The van der Waals surface area contributed by atoms with Crippen molar-refractivity contribution >= 4 is 5.97 Å². The van der Waals surface area contributed by atoms with Gasteiger partial charge < -0.3 is 20.3 Å². The molecule has 4 fully saturated rings. The van der Waals surface area contributed by atoms with E-state index >= 15 is 0 Å². The predicted octanol–water partition coefficient (Wildman–Crippen LogP) is 9.01. The van der Waals surface area contributed by atoms with Gasteiger partial charge in [0, 0.05) is 34.3 Å². The maximum absolute atomic E-state index is 13.6. The summed E-state index contributed by atoms with van der Waals surface area (Å²) >= 11 is 0. The highest BCUT2D eigenvalue weighted by molar-refractivity contribution is 5.73. The normalized spacial score (nSPS) is 42.2. The van der Waals surface area contributed by atoms with Crippen LogP contribution in [0.1, 0.15) is 128 Å². The molecule has 0 spiro atoms. The number of ether oxygens (including phenoxy) is 2. The second kappa shape index (κ2) is 13.0. The number of pyridine rings is 1. The topological polar surface area (TPSA) is 125 Å². The van der Waals surface area contributed by atoms with E-state index in [1.54, 1.807) is 6.33 Å². The molecule has 0 amide bonds. The summed E-state index contributed by atoms with van der Waals surface area (Å²) < 4.78 is 16.4. The minimum Gasteiger partial charge on any atom is -0.481 e. The highest BCUT2D eigenvalue weighted by Crippen LogP contribution is 2.76. The smallest absolute Gasteiger partial charge is 0.307 e. The van der Waals surface area contributed by atoms with Crippen molar-refractivity contribution in [2.45, 2.75) is 145 Å². The molecule has 5 aliphatic rings. The van der Waals surface area contributed by atoms with Gasteiger partial charge in [0.1, 0.15) is 6.33 Å². The van der Waals surface area contributed by atoms with Crippen molar-refractivity contribution in [1.29, 1.82) is 0 Å². The van der Waals surface area contributed by atoms with Gasteiger partial charge in [0.25, 0.3) is 0 Å². The number of carboxylic acids is 1. The molecule has 2 aromatic heterocycles. The molecule has 298 valence electrons. The summed E-state index contributed by atoms with van der Waals surface area (Å²) in [4.78, 5) is 22.8.